The Morgan fingerprint density at radius 3 is 2.90 bits per heavy atom. The first-order valence-corrected chi connectivity index (χ1v) is 9.50. The fourth-order valence-electron chi connectivity index (χ4n) is 4.07. The fourth-order valence-corrected chi connectivity index (χ4v) is 4.07. The quantitative estimate of drug-likeness (QED) is 0.485. The lowest BCUT2D eigenvalue weighted by Gasteiger charge is -2.18. The number of rotatable bonds is 4. The van der Waals surface area contributed by atoms with Gasteiger partial charge >= 0.3 is 0 Å². The second-order valence-corrected chi connectivity index (χ2v) is 7.38. The zero-order valence-electron chi connectivity index (χ0n) is 15.6. The Kier molecular flexibility index (Phi) is 4.39. The van der Waals surface area contributed by atoms with Crippen LogP contribution in [0.15, 0.2) is 55.1 Å². The Balaban J connectivity index is 1.34. The molecule has 4 N–H and O–H groups in total. The summed E-state index contributed by atoms with van der Waals surface area (Å²) in [4.78, 5) is 12.6. The van der Waals surface area contributed by atoms with Crippen LogP contribution in [0.1, 0.15) is 18.0 Å². The van der Waals surface area contributed by atoms with Gasteiger partial charge in [-0.15, -0.1) is 0 Å². The van der Waals surface area contributed by atoms with E-state index in [2.05, 4.69) is 15.0 Å². The summed E-state index contributed by atoms with van der Waals surface area (Å²) < 4.78 is 7.81. The third-order valence-electron chi connectivity index (χ3n) is 5.63. The number of fused-ring (bicyclic) bond motifs is 2. The van der Waals surface area contributed by atoms with Crippen molar-refractivity contribution in [3.8, 4) is 0 Å². The molecule has 5 rings (SSSR count). The second-order valence-electron chi connectivity index (χ2n) is 7.38. The van der Waals surface area contributed by atoms with Crippen LogP contribution in [0.4, 0.5) is 5.82 Å². The first-order valence-electron chi connectivity index (χ1n) is 9.50. The van der Waals surface area contributed by atoms with Crippen LogP contribution >= 0.6 is 0 Å². The maximum absolute atomic E-state index is 10.6. The summed E-state index contributed by atoms with van der Waals surface area (Å²) in [7, 11) is 0. The predicted molar refractivity (Wildman–Crippen MR) is 108 cm³/mol. The summed E-state index contributed by atoms with van der Waals surface area (Å²) >= 11 is 0. The van der Waals surface area contributed by atoms with Crippen molar-refractivity contribution in [2.75, 3.05) is 5.73 Å². The van der Waals surface area contributed by atoms with Crippen molar-refractivity contribution in [3.63, 3.8) is 0 Å². The number of benzene rings is 1. The van der Waals surface area contributed by atoms with Crippen LogP contribution < -0.4 is 5.73 Å². The number of aliphatic hydroxyl groups excluding tert-OH is 2. The van der Waals surface area contributed by atoms with E-state index < -0.39 is 18.3 Å². The Bertz CT molecular complexity index is 1180. The monoisotopic (exact) mass is 391 g/mol. The zero-order valence-corrected chi connectivity index (χ0v) is 15.6. The highest BCUT2D eigenvalue weighted by atomic mass is 16.5. The number of pyridine rings is 1. The number of ether oxygens (including phenoxy) is 1. The van der Waals surface area contributed by atoms with Gasteiger partial charge in [-0.2, -0.15) is 0 Å². The SMILES string of the molecule is Nc1ncnc2c1ccn2[C@@H]1C[C@H](OCc2ccc3cccnc3c2)[C@@H](O)[C@H]1O. The van der Waals surface area contributed by atoms with Crippen molar-refractivity contribution in [1.29, 1.82) is 0 Å². The van der Waals surface area contributed by atoms with E-state index >= 15 is 0 Å². The molecule has 0 bridgehead atoms. The number of anilines is 1. The number of nitrogens with zero attached hydrogens (tertiary/aromatic N) is 4. The summed E-state index contributed by atoms with van der Waals surface area (Å²) in [5, 5.41) is 23.0. The molecular weight excluding hydrogens is 370 g/mol. The van der Waals surface area contributed by atoms with Crippen LogP contribution in [-0.2, 0) is 11.3 Å². The summed E-state index contributed by atoms with van der Waals surface area (Å²) in [5.74, 6) is 0.388. The summed E-state index contributed by atoms with van der Waals surface area (Å²) in [6, 6.07) is 11.3. The van der Waals surface area contributed by atoms with E-state index in [-0.39, 0.29) is 6.04 Å². The second kappa shape index (κ2) is 7.07. The summed E-state index contributed by atoms with van der Waals surface area (Å²) in [6.07, 6.45) is 2.97. The number of aromatic nitrogens is 4. The molecular formula is C21H21N5O3. The largest absolute Gasteiger partial charge is 0.388 e. The molecule has 4 atom stereocenters. The molecule has 1 aromatic carbocycles. The molecule has 8 nitrogen and oxygen atoms in total. The molecule has 1 aliphatic rings. The normalized spacial score (nSPS) is 24.5. The number of nitrogens with two attached hydrogens (primary N) is 1. The van der Waals surface area contributed by atoms with Gasteiger partial charge in [0, 0.05) is 17.8 Å². The van der Waals surface area contributed by atoms with Gasteiger partial charge in [-0.3, -0.25) is 4.98 Å². The van der Waals surface area contributed by atoms with Crippen molar-refractivity contribution in [2.45, 2.75) is 37.4 Å². The molecule has 29 heavy (non-hydrogen) atoms. The minimum absolute atomic E-state index is 0.329. The van der Waals surface area contributed by atoms with Gasteiger partial charge in [0.15, 0.2) is 0 Å². The number of hydrogen-bond donors (Lipinski definition) is 3. The Morgan fingerprint density at radius 1 is 1.10 bits per heavy atom. The number of nitrogen functional groups attached to an aromatic ring is 1. The number of aliphatic hydroxyl groups is 2. The highest BCUT2D eigenvalue weighted by molar-refractivity contribution is 5.86. The van der Waals surface area contributed by atoms with Gasteiger partial charge in [0.25, 0.3) is 0 Å². The van der Waals surface area contributed by atoms with Gasteiger partial charge in [-0.25, -0.2) is 9.97 Å². The molecule has 148 valence electrons. The van der Waals surface area contributed by atoms with E-state index in [1.807, 2.05) is 47.2 Å². The molecule has 4 aromatic rings. The summed E-state index contributed by atoms with van der Waals surface area (Å²) in [5.41, 5.74) is 8.40. The van der Waals surface area contributed by atoms with Gasteiger partial charge in [-0.1, -0.05) is 18.2 Å². The van der Waals surface area contributed by atoms with Crippen molar-refractivity contribution >= 4 is 27.8 Å². The van der Waals surface area contributed by atoms with Crippen LogP contribution in [0.2, 0.25) is 0 Å². The Hall–Kier alpha value is -3.07. The average Bonchev–Trinajstić information content (AvgIpc) is 3.29. The summed E-state index contributed by atoms with van der Waals surface area (Å²) in [6.45, 7) is 0.329. The lowest BCUT2D eigenvalue weighted by atomic mass is 10.1. The van der Waals surface area contributed by atoms with Crippen LogP contribution in [0, 0.1) is 0 Å². The molecule has 0 aliphatic heterocycles. The smallest absolute Gasteiger partial charge is 0.145 e. The first-order chi connectivity index (χ1) is 14.1. The predicted octanol–water partition coefficient (Wildman–Crippen LogP) is 1.81. The topological polar surface area (TPSA) is 119 Å². The Labute approximate surface area is 166 Å². The third-order valence-corrected chi connectivity index (χ3v) is 5.63. The van der Waals surface area contributed by atoms with E-state index in [0.29, 0.717) is 24.5 Å². The molecule has 0 spiro atoms. The van der Waals surface area contributed by atoms with Gasteiger partial charge in [0.05, 0.1) is 29.7 Å². The van der Waals surface area contributed by atoms with Crippen molar-refractivity contribution < 1.29 is 14.9 Å². The van der Waals surface area contributed by atoms with E-state index in [4.69, 9.17) is 10.5 Å². The van der Waals surface area contributed by atoms with E-state index in [0.717, 1.165) is 21.9 Å². The molecule has 1 aliphatic carbocycles. The van der Waals surface area contributed by atoms with Gasteiger partial charge in [-0.05, 0) is 30.2 Å². The van der Waals surface area contributed by atoms with Crippen LogP contribution in [0.3, 0.4) is 0 Å². The maximum atomic E-state index is 10.6. The molecule has 1 fully saturated rings. The van der Waals surface area contributed by atoms with Crippen molar-refractivity contribution in [1.82, 2.24) is 19.5 Å². The fraction of sp³-hybridized carbons (Fsp3) is 0.286. The van der Waals surface area contributed by atoms with E-state index in [1.165, 1.54) is 6.33 Å². The van der Waals surface area contributed by atoms with Crippen LogP contribution in [-0.4, -0.2) is 48.0 Å². The van der Waals surface area contributed by atoms with E-state index in [1.54, 1.807) is 6.20 Å². The molecule has 0 amide bonds. The highest BCUT2D eigenvalue weighted by Crippen LogP contribution is 2.36. The van der Waals surface area contributed by atoms with Gasteiger partial charge < -0.3 is 25.3 Å². The molecule has 3 heterocycles. The minimum atomic E-state index is -0.991. The number of hydrogen-bond acceptors (Lipinski definition) is 7. The van der Waals surface area contributed by atoms with Gasteiger partial charge in [0.2, 0.25) is 0 Å². The average molecular weight is 391 g/mol. The van der Waals surface area contributed by atoms with Crippen LogP contribution in [0.5, 0.6) is 0 Å². The maximum Gasteiger partial charge on any atom is 0.145 e. The van der Waals surface area contributed by atoms with Gasteiger partial charge in [0.1, 0.15) is 30.0 Å². The third kappa shape index (κ3) is 3.11. The Morgan fingerprint density at radius 2 is 2.00 bits per heavy atom. The lowest BCUT2D eigenvalue weighted by molar-refractivity contribution is -0.0621. The molecule has 1 saturated carbocycles. The minimum Gasteiger partial charge on any atom is -0.388 e. The first kappa shape index (κ1) is 18.0. The lowest BCUT2D eigenvalue weighted by Crippen LogP contribution is -2.32. The molecule has 0 unspecified atom stereocenters. The highest BCUT2D eigenvalue weighted by Gasteiger charge is 2.43. The molecule has 3 aromatic heterocycles. The van der Waals surface area contributed by atoms with Crippen molar-refractivity contribution in [3.05, 3.63) is 60.7 Å². The van der Waals surface area contributed by atoms with Crippen molar-refractivity contribution in [2.24, 2.45) is 0 Å². The molecule has 0 saturated heterocycles. The molecule has 0 radical (unpaired) electrons. The zero-order chi connectivity index (χ0) is 20.0. The standard InChI is InChI=1S/C21H21N5O3/c22-20-14-5-7-26(21(14)25-11-24-20)16-9-17(19(28)18(16)27)29-10-12-3-4-13-2-1-6-23-15(13)8-12/h1-8,11,16-19,27-28H,9-10H2,(H2,22,24,25)/t16-,17+,18+,19-/m1/s1. The van der Waals surface area contributed by atoms with E-state index in [9.17, 15) is 10.2 Å². The molecule has 8 heteroatoms. The van der Waals surface area contributed by atoms with Crippen LogP contribution in [0.25, 0.3) is 21.9 Å².